The second-order valence-electron chi connectivity index (χ2n) is 6.42. The molecular formula is C18H24N4OS. The molecule has 0 spiro atoms. The molecule has 1 saturated heterocycles. The van der Waals surface area contributed by atoms with Gasteiger partial charge in [-0.2, -0.15) is 0 Å². The van der Waals surface area contributed by atoms with E-state index in [0.29, 0.717) is 4.88 Å². The molecule has 0 radical (unpaired) electrons. The highest BCUT2D eigenvalue weighted by molar-refractivity contribution is 7.08. The van der Waals surface area contributed by atoms with Crippen LogP contribution in [0.3, 0.4) is 0 Å². The molecule has 1 amide bonds. The Bertz CT molecular complexity index is 692. The van der Waals surface area contributed by atoms with Crippen molar-refractivity contribution in [3.63, 3.8) is 0 Å². The van der Waals surface area contributed by atoms with Crippen molar-refractivity contribution >= 4 is 17.4 Å². The van der Waals surface area contributed by atoms with Crippen molar-refractivity contribution < 1.29 is 4.79 Å². The lowest BCUT2D eigenvalue weighted by Crippen LogP contribution is -2.44. The van der Waals surface area contributed by atoms with Crippen molar-refractivity contribution in [3.8, 4) is 0 Å². The van der Waals surface area contributed by atoms with Gasteiger partial charge in [-0.05, 0) is 43.3 Å². The van der Waals surface area contributed by atoms with Gasteiger partial charge in [-0.3, -0.25) is 9.69 Å². The number of likely N-dealkylation sites (tertiary alicyclic amines) is 1. The summed E-state index contributed by atoms with van der Waals surface area (Å²) in [6.07, 6.45) is 2.73. The first-order chi connectivity index (χ1) is 11.7. The third kappa shape index (κ3) is 4.19. The fraction of sp³-hybridized carbons (Fsp3) is 0.500. The van der Waals surface area contributed by atoms with E-state index in [2.05, 4.69) is 51.0 Å². The van der Waals surface area contributed by atoms with Crippen molar-refractivity contribution in [1.29, 1.82) is 0 Å². The molecule has 24 heavy (non-hydrogen) atoms. The van der Waals surface area contributed by atoms with Crippen LogP contribution in [0.4, 0.5) is 0 Å². The summed E-state index contributed by atoms with van der Waals surface area (Å²) in [6.45, 7) is 7.14. The van der Waals surface area contributed by atoms with Crippen LogP contribution in [0, 0.1) is 6.92 Å². The molecule has 6 heteroatoms. The molecule has 1 aliphatic heterocycles. The van der Waals surface area contributed by atoms with Crippen LogP contribution in [0.1, 0.15) is 46.3 Å². The Morgan fingerprint density at radius 3 is 2.88 bits per heavy atom. The molecule has 0 saturated carbocycles. The molecule has 1 aliphatic rings. The topological polar surface area (TPSA) is 58.1 Å². The van der Waals surface area contributed by atoms with E-state index >= 15 is 0 Å². The molecule has 0 bridgehead atoms. The summed E-state index contributed by atoms with van der Waals surface area (Å²) in [7, 11) is 0. The van der Waals surface area contributed by atoms with E-state index in [1.54, 1.807) is 0 Å². The summed E-state index contributed by atoms with van der Waals surface area (Å²) in [5, 5.41) is 7.17. The van der Waals surface area contributed by atoms with E-state index in [4.69, 9.17) is 0 Å². The van der Waals surface area contributed by atoms with Crippen molar-refractivity contribution in [2.45, 2.75) is 45.7 Å². The van der Waals surface area contributed by atoms with E-state index < -0.39 is 0 Å². The van der Waals surface area contributed by atoms with Crippen molar-refractivity contribution in [3.05, 3.63) is 46.0 Å². The molecule has 5 nitrogen and oxygen atoms in total. The van der Waals surface area contributed by atoms with Gasteiger partial charge in [-0.25, -0.2) is 0 Å². The maximum absolute atomic E-state index is 12.4. The minimum absolute atomic E-state index is 0.0148. The highest BCUT2D eigenvalue weighted by atomic mass is 32.1. The zero-order valence-electron chi connectivity index (χ0n) is 14.3. The first kappa shape index (κ1) is 17.0. The number of rotatable bonds is 5. The summed E-state index contributed by atoms with van der Waals surface area (Å²) in [6, 6.07) is 8.93. The zero-order chi connectivity index (χ0) is 16.9. The lowest BCUT2D eigenvalue weighted by Gasteiger charge is -2.32. The Morgan fingerprint density at radius 2 is 2.17 bits per heavy atom. The maximum atomic E-state index is 12.4. The van der Waals surface area contributed by atoms with Crippen LogP contribution in [0.5, 0.6) is 0 Å². The zero-order valence-corrected chi connectivity index (χ0v) is 15.1. The third-order valence-corrected chi connectivity index (χ3v) is 5.28. The Hall–Kier alpha value is -1.79. The number of hydrogen-bond acceptors (Lipinski definition) is 5. The molecule has 128 valence electrons. The Morgan fingerprint density at radius 1 is 1.38 bits per heavy atom. The molecule has 2 heterocycles. The molecule has 2 aromatic rings. The molecule has 1 N–H and O–H groups in total. The predicted molar refractivity (Wildman–Crippen MR) is 96.2 cm³/mol. The van der Waals surface area contributed by atoms with Crippen molar-refractivity contribution in [2.24, 2.45) is 0 Å². The lowest BCUT2D eigenvalue weighted by molar-refractivity contribution is 0.0912. The molecule has 3 rings (SSSR count). The van der Waals surface area contributed by atoms with E-state index in [0.717, 1.165) is 44.6 Å². The smallest absolute Gasteiger partial charge is 0.265 e. The van der Waals surface area contributed by atoms with Crippen molar-refractivity contribution in [2.75, 3.05) is 13.1 Å². The van der Waals surface area contributed by atoms with Gasteiger partial charge in [-0.15, -0.1) is 5.10 Å². The normalized spacial score (nSPS) is 16.2. The minimum Gasteiger partial charge on any atom is -0.348 e. The number of carbonyl (C=O) groups excluding carboxylic acids is 1. The molecule has 1 aromatic heterocycles. The van der Waals surface area contributed by atoms with Gasteiger partial charge >= 0.3 is 0 Å². The van der Waals surface area contributed by atoms with E-state index in [1.807, 2.05) is 6.92 Å². The van der Waals surface area contributed by atoms with Crippen molar-refractivity contribution in [1.82, 2.24) is 19.8 Å². The van der Waals surface area contributed by atoms with Gasteiger partial charge in [0.25, 0.3) is 5.91 Å². The predicted octanol–water partition coefficient (Wildman–Crippen LogP) is 2.80. The van der Waals surface area contributed by atoms with E-state index in [-0.39, 0.29) is 11.9 Å². The second-order valence-corrected chi connectivity index (χ2v) is 7.17. The van der Waals surface area contributed by atoms with Crippen LogP contribution in [0.15, 0.2) is 24.3 Å². The van der Waals surface area contributed by atoms with E-state index in [9.17, 15) is 4.79 Å². The summed E-state index contributed by atoms with van der Waals surface area (Å²) >= 11 is 1.19. The van der Waals surface area contributed by atoms with Gasteiger partial charge in [0.2, 0.25) is 0 Å². The second kappa shape index (κ2) is 7.85. The van der Waals surface area contributed by atoms with Crippen LogP contribution in [0.2, 0.25) is 0 Å². The maximum Gasteiger partial charge on any atom is 0.265 e. The molecule has 1 aromatic carbocycles. The standard InChI is InChI=1S/C18H24N4OS/c1-3-16-17(24-21-20-16)18(23)19-15-7-9-22(10-8-15)12-14-6-4-5-13(2)11-14/h4-6,11,15H,3,7-10,12H2,1-2H3,(H,19,23). The highest BCUT2D eigenvalue weighted by Crippen LogP contribution is 2.17. The average Bonchev–Trinajstić information content (AvgIpc) is 3.05. The number of amides is 1. The van der Waals surface area contributed by atoms with Gasteiger partial charge in [0.05, 0.1) is 5.69 Å². The van der Waals surface area contributed by atoms with Gasteiger partial charge in [0.15, 0.2) is 0 Å². The first-order valence-electron chi connectivity index (χ1n) is 8.55. The van der Waals surface area contributed by atoms with Gasteiger partial charge in [0.1, 0.15) is 4.88 Å². The highest BCUT2D eigenvalue weighted by Gasteiger charge is 2.23. The molecular weight excluding hydrogens is 320 g/mol. The van der Waals surface area contributed by atoms with Gasteiger partial charge in [-0.1, -0.05) is 41.2 Å². The third-order valence-electron chi connectivity index (χ3n) is 4.51. The number of benzene rings is 1. The lowest BCUT2D eigenvalue weighted by atomic mass is 10.0. The molecule has 0 atom stereocenters. The van der Waals surface area contributed by atoms with Crippen LogP contribution in [-0.4, -0.2) is 39.5 Å². The summed E-state index contributed by atoms with van der Waals surface area (Å²) < 4.78 is 3.90. The van der Waals surface area contributed by atoms with Crippen LogP contribution >= 0.6 is 11.5 Å². The number of aryl methyl sites for hydroxylation is 2. The number of hydrogen-bond donors (Lipinski definition) is 1. The Balaban J connectivity index is 1.49. The number of carbonyl (C=O) groups is 1. The average molecular weight is 344 g/mol. The fourth-order valence-electron chi connectivity index (χ4n) is 3.17. The first-order valence-corrected chi connectivity index (χ1v) is 9.33. The molecule has 1 fully saturated rings. The summed E-state index contributed by atoms with van der Waals surface area (Å²) in [5.74, 6) is -0.0148. The SMILES string of the molecule is CCc1nnsc1C(=O)NC1CCN(Cc2cccc(C)c2)CC1. The number of nitrogens with zero attached hydrogens (tertiary/aromatic N) is 3. The van der Waals surface area contributed by atoms with Crippen LogP contribution in [-0.2, 0) is 13.0 Å². The molecule has 0 unspecified atom stereocenters. The van der Waals surface area contributed by atoms with Gasteiger partial charge < -0.3 is 5.32 Å². The number of aromatic nitrogens is 2. The Labute approximate surface area is 147 Å². The quantitative estimate of drug-likeness (QED) is 0.906. The van der Waals surface area contributed by atoms with Crippen LogP contribution < -0.4 is 5.32 Å². The fourth-order valence-corrected chi connectivity index (χ4v) is 3.82. The monoisotopic (exact) mass is 344 g/mol. The number of nitrogens with one attached hydrogen (secondary N) is 1. The van der Waals surface area contributed by atoms with Crippen LogP contribution in [0.25, 0.3) is 0 Å². The summed E-state index contributed by atoms with van der Waals surface area (Å²) in [5.41, 5.74) is 3.47. The summed E-state index contributed by atoms with van der Waals surface area (Å²) in [4.78, 5) is 15.5. The molecule has 0 aliphatic carbocycles. The largest absolute Gasteiger partial charge is 0.348 e. The minimum atomic E-state index is -0.0148. The number of piperidine rings is 1. The Kier molecular flexibility index (Phi) is 5.58. The van der Waals surface area contributed by atoms with E-state index in [1.165, 1.54) is 22.7 Å². The van der Waals surface area contributed by atoms with Gasteiger partial charge in [0, 0.05) is 25.7 Å².